The van der Waals surface area contributed by atoms with Gasteiger partial charge in [0, 0.05) is 51.5 Å². The molecule has 1 aromatic rings. The summed E-state index contributed by atoms with van der Waals surface area (Å²) in [4.78, 5) is 2.07. The molecular weight excluding hydrogens is 266 g/mol. The fourth-order valence-electron chi connectivity index (χ4n) is 2.60. The van der Waals surface area contributed by atoms with E-state index in [0.717, 1.165) is 6.07 Å². The molecule has 1 aromatic carbocycles. The summed E-state index contributed by atoms with van der Waals surface area (Å²) in [6.45, 7) is 1.85. The molecule has 1 aliphatic heterocycles. The third-order valence-electron chi connectivity index (χ3n) is 3.71. The van der Waals surface area contributed by atoms with E-state index in [4.69, 9.17) is 15.2 Å². The van der Waals surface area contributed by atoms with E-state index >= 15 is 0 Å². The third kappa shape index (κ3) is 3.32. The van der Waals surface area contributed by atoms with E-state index in [9.17, 15) is 8.78 Å². The Kier molecular flexibility index (Phi) is 5.04. The van der Waals surface area contributed by atoms with Crippen molar-refractivity contribution >= 4 is 0 Å². The normalized spacial score (nSPS) is 25.1. The Morgan fingerprint density at radius 1 is 1.25 bits per heavy atom. The molecule has 112 valence electrons. The van der Waals surface area contributed by atoms with E-state index in [1.807, 2.05) is 0 Å². The minimum Gasteiger partial charge on any atom is -0.377 e. The first-order valence-electron chi connectivity index (χ1n) is 6.53. The molecule has 0 spiro atoms. The van der Waals surface area contributed by atoms with Crippen molar-refractivity contribution in [2.75, 3.05) is 33.9 Å². The second-order valence-corrected chi connectivity index (χ2v) is 5.04. The van der Waals surface area contributed by atoms with Gasteiger partial charge in [-0.2, -0.15) is 0 Å². The minimum absolute atomic E-state index is 0.00901. The number of nitrogens with two attached hydrogens (primary N) is 1. The van der Waals surface area contributed by atoms with Crippen LogP contribution in [0.3, 0.4) is 0 Å². The molecule has 2 rings (SSSR count). The van der Waals surface area contributed by atoms with Crippen LogP contribution in [0.25, 0.3) is 0 Å². The highest BCUT2D eigenvalue weighted by Crippen LogP contribution is 2.21. The molecular formula is C14H20F2N2O2. The summed E-state index contributed by atoms with van der Waals surface area (Å²) < 4.78 is 37.2. The van der Waals surface area contributed by atoms with Gasteiger partial charge in [-0.25, -0.2) is 8.78 Å². The van der Waals surface area contributed by atoms with Crippen LogP contribution in [0.1, 0.15) is 11.6 Å². The molecule has 20 heavy (non-hydrogen) atoms. The summed E-state index contributed by atoms with van der Waals surface area (Å²) in [5, 5.41) is 0. The van der Waals surface area contributed by atoms with Gasteiger partial charge in [-0.05, 0) is 6.07 Å². The minimum atomic E-state index is -0.608. The molecule has 0 amide bonds. The number of rotatable bonds is 5. The largest absolute Gasteiger partial charge is 0.377 e. The molecule has 1 heterocycles. The number of benzene rings is 1. The van der Waals surface area contributed by atoms with Crippen molar-refractivity contribution in [1.29, 1.82) is 0 Å². The van der Waals surface area contributed by atoms with Crippen molar-refractivity contribution in [3.05, 3.63) is 35.4 Å². The average molecular weight is 286 g/mol. The molecule has 1 saturated heterocycles. The first kappa shape index (κ1) is 15.3. The number of ether oxygens (including phenoxy) is 2. The maximum Gasteiger partial charge on any atom is 0.130 e. The smallest absolute Gasteiger partial charge is 0.130 e. The van der Waals surface area contributed by atoms with Crippen LogP contribution in [0, 0.1) is 11.6 Å². The first-order valence-corrected chi connectivity index (χ1v) is 6.53. The van der Waals surface area contributed by atoms with Crippen molar-refractivity contribution in [1.82, 2.24) is 4.90 Å². The summed E-state index contributed by atoms with van der Waals surface area (Å²) in [7, 11) is 3.28. The van der Waals surface area contributed by atoms with Crippen LogP contribution in [0.15, 0.2) is 18.2 Å². The van der Waals surface area contributed by atoms with Crippen LogP contribution >= 0.6 is 0 Å². The monoisotopic (exact) mass is 286 g/mol. The summed E-state index contributed by atoms with van der Waals surface area (Å²) in [6, 6.07) is 2.96. The van der Waals surface area contributed by atoms with Gasteiger partial charge in [0.2, 0.25) is 0 Å². The zero-order valence-electron chi connectivity index (χ0n) is 11.7. The van der Waals surface area contributed by atoms with Crippen LogP contribution in [-0.4, -0.2) is 51.0 Å². The molecule has 0 aliphatic carbocycles. The van der Waals surface area contributed by atoms with Gasteiger partial charge in [0.25, 0.3) is 0 Å². The average Bonchev–Trinajstić information content (AvgIpc) is 2.80. The molecule has 0 radical (unpaired) electrons. The molecule has 6 heteroatoms. The van der Waals surface area contributed by atoms with Crippen molar-refractivity contribution in [2.45, 2.75) is 18.2 Å². The van der Waals surface area contributed by atoms with Crippen molar-refractivity contribution in [3.63, 3.8) is 0 Å². The van der Waals surface area contributed by atoms with Crippen LogP contribution in [0.4, 0.5) is 8.78 Å². The predicted octanol–water partition coefficient (Wildman–Crippen LogP) is 1.31. The summed E-state index contributed by atoms with van der Waals surface area (Å²) in [5.74, 6) is -1.21. The second-order valence-electron chi connectivity index (χ2n) is 5.04. The van der Waals surface area contributed by atoms with Gasteiger partial charge in [0.1, 0.15) is 11.6 Å². The standard InChI is InChI=1S/C14H20F2N2O2/c1-19-13-7-18(8-14(13)20-2)6-12(17)10-4-3-9(15)5-11(10)16/h3-5,12-14H,6-8,17H2,1-2H3. The van der Waals surface area contributed by atoms with Gasteiger partial charge in [0.05, 0.1) is 12.2 Å². The van der Waals surface area contributed by atoms with Crippen LogP contribution in [-0.2, 0) is 9.47 Å². The zero-order valence-corrected chi connectivity index (χ0v) is 11.7. The number of methoxy groups -OCH3 is 2. The highest BCUT2D eigenvalue weighted by molar-refractivity contribution is 5.22. The zero-order chi connectivity index (χ0) is 14.7. The molecule has 1 aliphatic rings. The molecule has 0 bridgehead atoms. The number of nitrogens with zero attached hydrogens (tertiary/aromatic N) is 1. The summed E-state index contributed by atoms with van der Waals surface area (Å²) >= 11 is 0. The topological polar surface area (TPSA) is 47.7 Å². The number of hydrogen-bond acceptors (Lipinski definition) is 4. The van der Waals surface area contributed by atoms with Gasteiger partial charge in [0.15, 0.2) is 0 Å². The van der Waals surface area contributed by atoms with Crippen LogP contribution < -0.4 is 5.73 Å². The third-order valence-corrected chi connectivity index (χ3v) is 3.71. The van der Waals surface area contributed by atoms with Gasteiger partial charge < -0.3 is 15.2 Å². The fourth-order valence-corrected chi connectivity index (χ4v) is 2.60. The highest BCUT2D eigenvalue weighted by atomic mass is 19.1. The second kappa shape index (κ2) is 6.58. The maximum absolute atomic E-state index is 13.7. The molecule has 1 fully saturated rings. The number of halogens is 2. The Balaban J connectivity index is 2.00. The molecule has 2 N–H and O–H groups in total. The van der Waals surface area contributed by atoms with Gasteiger partial charge in [-0.1, -0.05) is 6.07 Å². The first-order chi connectivity index (χ1) is 9.55. The quantitative estimate of drug-likeness (QED) is 0.886. The summed E-state index contributed by atoms with van der Waals surface area (Å²) in [6.07, 6.45) is -0.0180. The Bertz CT molecular complexity index is 447. The molecule has 0 saturated carbocycles. The maximum atomic E-state index is 13.7. The Morgan fingerprint density at radius 2 is 1.85 bits per heavy atom. The fraction of sp³-hybridized carbons (Fsp3) is 0.571. The predicted molar refractivity (Wildman–Crippen MR) is 71.3 cm³/mol. The van der Waals surface area contributed by atoms with Gasteiger partial charge >= 0.3 is 0 Å². The van der Waals surface area contributed by atoms with E-state index in [2.05, 4.69) is 4.90 Å². The lowest BCUT2D eigenvalue weighted by molar-refractivity contribution is -0.00461. The Morgan fingerprint density at radius 3 is 2.35 bits per heavy atom. The lowest BCUT2D eigenvalue weighted by Crippen LogP contribution is -2.32. The molecule has 3 unspecified atom stereocenters. The Labute approximate surface area is 117 Å². The Hall–Kier alpha value is -1.08. The van der Waals surface area contributed by atoms with E-state index in [1.165, 1.54) is 12.1 Å². The van der Waals surface area contributed by atoms with Gasteiger partial charge in [-0.3, -0.25) is 4.90 Å². The lowest BCUT2D eigenvalue weighted by Gasteiger charge is -2.21. The molecule has 0 aromatic heterocycles. The number of likely N-dealkylation sites (tertiary alicyclic amines) is 1. The van der Waals surface area contributed by atoms with Crippen molar-refractivity contribution in [3.8, 4) is 0 Å². The van der Waals surface area contributed by atoms with Gasteiger partial charge in [-0.15, -0.1) is 0 Å². The lowest BCUT2D eigenvalue weighted by atomic mass is 10.1. The number of hydrogen-bond donors (Lipinski definition) is 1. The summed E-state index contributed by atoms with van der Waals surface area (Å²) in [5.41, 5.74) is 6.33. The van der Waals surface area contributed by atoms with Crippen LogP contribution in [0.2, 0.25) is 0 Å². The van der Waals surface area contributed by atoms with Crippen LogP contribution in [0.5, 0.6) is 0 Å². The molecule has 3 atom stereocenters. The van der Waals surface area contributed by atoms with Crippen molar-refractivity contribution < 1.29 is 18.3 Å². The van der Waals surface area contributed by atoms with Crippen molar-refractivity contribution in [2.24, 2.45) is 5.73 Å². The highest BCUT2D eigenvalue weighted by Gasteiger charge is 2.33. The van der Waals surface area contributed by atoms with E-state index in [-0.39, 0.29) is 12.2 Å². The van der Waals surface area contributed by atoms with E-state index < -0.39 is 17.7 Å². The SMILES string of the molecule is COC1CN(CC(N)c2ccc(F)cc2F)CC1OC. The van der Waals surface area contributed by atoms with E-state index in [1.54, 1.807) is 14.2 Å². The van der Waals surface area contributed by atoms with E-state index in [0.29, 0.717) is 25.2 Å². The molecule has 4 nitrogen and oxygen atoms in total.